The molecule has 5 heteroatoms. The Kier molecular flexibility index (Phi) is 9.52. The molecule has 0 aliphatic carbocycles. The van der Waals surface area contributed by atoms with Crippen LogP contribution in [0, 0.1) is 0 Å². The number of nitrogens with two attached hydrogens (primary N) is 2. The molecule has 0 spiro atoms. The van der Waals surface area contributed by atoms with E-state index in [1.54, 1.807) is 0 Å². The SMILES string of the molecule is CC/C=C\C/C=C/C=C1\CCC(=O)N1CCCCCN=C(N)N. The molecule has 1 aliphatic rings. The van der Waals surface area contributed by atoms with Crippen LogP contribution < -0.4 is 11.5 Å². The van der Waals surface area contributed by atoms with Gasteiger partial charge in [-0.1, -0.05) is 31.2 Å². The minimum atomic E-state index is 0.144. The predicted molar refractivity (Wildman–Crippen MR) is 96.7 cm³/mol. The Labute approximate surface area is 139 Å². The summed E-state index contributed by atoms with van der Waals surface area (Å²) in [5.74, 6) is 0.380. The van der Waals surface area contributed by atoms with E-state index in [1.165, 1.54) is 0 Å². The molecule has 0 radical (unpaired) electrons. The number of hydrogen-bond donors (Lipinski definition) is 2. The monoisotopic (exact) mass is 318 g/mol. The summed E-state index contributed by atoms with van der Waals surface area (Å²) in [7, 11) is 0. The minimum absolute atomic E-state index is 0.144. The normalized spacial score (nSPS) is 17.0. The van der Waals surface area contributed by atoms with Crippen molar-refractivity contribution in [3.8, 4) is 0 Å². The van der Waals surface area contributed by atoms with Gasteiger partial charge in [-0.15, -0.1) is 0 Å². The molecule has 0 aromatic heterocycles. The molecule has 0 saturated carbocycles. The second kappa shape index (κ2) is 11.5. The van der Waals surface area contributed by atoms with Crippen molar-refractivity contribution in [3.63, 3.8) is 0 Å². The first-order valence-corrected chi connectivity index (χ1v) is 8.51. The number of nitrogens with zero attached hydrogens (tertiary/aromatic N) is 2. The molecule has 1 rings (SSSR count). The van der Waals surface area contributed by atoms with E-state index in [0.717, 1.165) is 50.8 Å². The third kappa shape index (κ3) is 8.24. The first-order valence-electron chi connectivity index (χ1n) is 8.51. The average Bonchev–Trinajstić information content (AvgIpc) is 2.86. The van der Waals surface area contributed by atoms with Crippen LogP contribution in [0.2, 0.25) is 0 Å². The Hall–Kier alpha value is -2.04. The lowest BCUT2D eigenvalue weighted by Gasteiger charge is -2.17. The zero-order chi connectivity index (χ0) is 16.9. The van der Waals surface area contributed by atoms with E-state index < -0.39 is 0 Å². The zero-order valence-corrected chi connectivity index (χ0v) is 14.2. The maximum atomic E-state index is 12.0. The van der Waals surface area contributed by atoms with E-state index in [-0.39, 0.29) is 11.9 Å². The maximum Gasteiger partial charge on any atom is 0.227 e. The van der Waals surface area contributed by atoms with Crippen molar-refractivity contribution in [1.29, 1.82) is 0 Å². The molecular weight excluding hydrogens is 288 g/mol. The molecule has 4 N–H and O–H groups in total. The smallest absolute Gasteiger partial charge is 0.227 e. The summed E-state index contributed by atoms with van der Waals surface area (Å²) >= 11 is 0. The Balaban J connectivity index is 2.34. The van der Waals surface area contributed by atoms with Gasteiger partial charge < -0.3 is 16.4 Å². The maximum absolute atomic E-state index is 12.0. The average molecular weight is 318 g/mol. The van der Waals surface area contributed by atoms with E-state index in [0.29, 0.717) is 13.0 Å². The third-order valence-corrected chi connectivity index (χ3v) is 3.68. The zero-order valence-electron chi connectivity index (χ0n) is 14.2. The van der Waals surface area contributed by atoms with Gasteiger partial charge in [-0.3, -0.25) is 9.79 Å². The summed E-state index contributed by atoms with van der Waals surface area (Å²) in [6.07, 6.45) is 17.0. The Morgan fingerprint density at radius 3 is 2.74 bits per heavy atom. The van der Waals surface area contributed by atoms with Crippen LogP contribution in [0.15, 0.2) is 41.1 Å². The number of guanidine groups is 1. The summed E-state index contributed by atoms with van der Waals surface area (Å²) in [6, 6.07) is 0. The quantitative estimate of drug-likeness (QED) is 0.281. The molecule has 0 atom stereocenters. The van der Waals surface area contributed by atoms with Crippen LogP contribution >= 0.6 is 0 Å². The predicted octanol–water partition coefficient (Wildman–Crippen LogP) is 2.85. The molecule has 1 heterocycles. The lowest BCUT2D eigenvalue weighted by atomic mass is 10.2. The van der Waals surface area contributed by atoms with Gasteiger partial charge >= 0.3 is 0 Å². The Bertz CT molecular complexity index is 473. The number of likely N-dealkylation sites (tertiary alicyclic amines) is 1. The largest absolute Gasteiger partial charge is 0.370 e. The minimum Gasteiger partial charge on any atom is -0.370 e. The van der Waals surface area contributed by atoms with Crippen LogP contribution in [0.5, 0.6) is 0 Å². The van der Waals surface area contributed by atoms with Gasteiger partial charge in [0, 0.05) is 25.2 Å². The molecule has 0 aromatic carbocycles. The second-order valence-electron chi connectivity index (χ2n) is 5.61. The second-order valence-corrected chi connectivity index (χ2v) is 5.61. The van der Waals surface area contributed by atoms with Gasteiger partial charge in [0.1, 0.15) is 0 Å². The standard InChI is InChI=1S/C18H30N4O/c1-2-3-4-5-6-8-11-16-12-13-17(23)22(16)15-10-7-9-14-21-18(19)20/h3-4,6,8,11H,2,5,7,9-10,12-15H2,1H3,(H4,19,20,21)/b4-3-,8-6+,16-11+. The lowest BCUT2D eigenvalue weighted by molar-refractivity contribution is -0.126. The van der Waals surface area contributed by atoms with Crippen molar-refractivity contribution in [2.75, 3.05) is 13.1 Å². The molecule has 0 aromatic rings. The number of hydrogen-bond acceptors (Lipinski definition) is 2. The van der Waals surface area contributed by atoms with Gasteiger partial charge in [0.2, 0.25) is 5.91 Å². The number of rotatable bonds is 10. The van der Waals surface area contributed by atoms with Crippen LogP contribution in [0.25, 0.3) is 0 Å². The van der Waals surface area contributed by atoms with Gasteiger partial charge in [-0.2, -0.15) is 0 Å². The van der Waals surface area contributed by atoms with Crippen molar-refractivity contribution in [1.82, 2.24) is 4.90 Å². The number of carbonyl (C=O) groups excluding carboxylic acids is 1. The van der Waals surface area contributed by atoms with Gasteiger partial charge in [-0.05, 0) is 44.6 Å². The van der Waals surface area contributed by atoms with Gasteiger partial charge in [0.05, 0.1) is 0 Å². The number of carbonyl (C=O) groups is 1. The number of aliphatic imine (C=N–C) groups is 1. The van der Waals surface area contributed by atoms with E-state index in [4.69, 9.17) is 11.5 Å². The number of allylic oxidation sites excluding steroid dienone is 6. The summed E-state index contributed by atoms with van der Waals surface area (Å²) in [4.78, 5) is 17.8. The highest BCUT2D eigenvalue weighted by Crippen LogP contribution is 2.23. The highest BCUT2D eigenvalue weighted by atomic mass is 16.2. The van der Waals surface area contributed by atoms with Gasteiger partial charge in [0.25, 0.3) is 0 Å². The van der Waals surface area contributed by atoms with Crippen molar-refractivity contribution in [3.05, 3.63) is 36.1 Å². The van der Waals surface area contributed by atoms with Crippen molar-refractivity contribution in [2.45, 2.75) is 51.9 Å². The summed E-state index contributed by atoms with van der Waals surface area (Å²) < 4.78 is 0. The van der Waals surface area contributed by atoms with E-state index >= 15 is 0 Å². The van der Waals surface area contributed by atoms with Crippen molar-refractivity contribution < 1.29 is 4.79 Å². The summed E-state index contributed by atoms with van der Waals surface area (Å²) in [6.45, 7) is 3.57. The Morgan fingerprint density at radius 1 is 1.17 bits per heavy atom. The molecule has 1 saturated heterocycles. The van der Waals surface area contributed by atoms with E-state index in [1.807, 2.05) is 4.90 Å². The third-order valence-electron chi connectivity index (χ3n) is 3.68. The summed E-state index contributed by atoms with van der Waals surface area (Å²) in [5.41, 5.74) is 11.7. The van der Waals surface area contributed by atoms with E-state index in [2.05, 4.69) is 42.3 Å². The molecule has 5 nitrogen and oxygen atoms in total. The first-order chi connectivity index (χ1) is 11.1. The topological polar surface area (TPSA) is 84.7 Å². The first kappa shape index (κ1) is 19.0. The van der Waals surface area contributed by atoms with Crippen molar-refractivity contribution in [2.24, 2.45) is 16.5 Å². The fourth-order valence-electron chi connectivity index (χ4n) is 2.47. The molecule has 1 aliphatic heterocycles. The number of amides is 1. The lowest BCUT2D eigenvalue weighted by Crippen LogP contribution is -2.24. The molecule has 1 fully saturated rings. The van der Waals surface area contributed by atoms with Crippen molar-refractivity contribution >= 4 is 11.9 Å². The Morgan fingerprint density at radius 2 is 2.00 bits per heavy atom. The van der Waals surface area contributed by atoms with Crippen LogP contribution in [0.1, 0.15) is 51.9 Å². The summed E-state index contributed by atoms with van der Waals surface area (Å²) in [5, 5.41) is 0. The molecule has 23 heavy (non-hydrogen) atoms. The van der Waals surface area contributed by atoms with Crippen LogP contribution in [-0.2, 0) is 4.79 Å². The fraction of sp³-hybridized carbons (Fsp3) is 0.556. The molecule has 0 bridgehead atoms. The molecule has 128 valence electrons. The van der Waals surface area contributed by atoms with Gasteiger partial charge in [-0.25, -0.2) is 0 Å². The molecule has 0 unspecified atom stereocenters. The fourth-order valence-corrected chi connectivity index (χ4v) is 2.47. The van der Waals surface area contributed by atoms with Crippen LogP contribution in [0.3, 0.4) is 0 Å². The number of unbranched alkanes of at least 4 members (excludes halogenated alkanes) is 2. The van der Waals surface area contributed by atoms with Crippen LogP contribution in [-0.4, -0.2) is 29.9 Å². The highest BCUT2D eigenvalue weighted by molar-refractivity contribution is 5.81. The molecular formula is C18H30N4O. The van der Waals surface area contributed by atoms with E-state index in [9.17, 15) is 4.79 Å². The molecule has 1 amide bonds. The highest BCUT2D eigenvalue weighted by Gasteiger charge is 2.24. The van der Waals surface area contributed by atoms with Crippen LogP contribution in [0.4, 0.5) is 0 Å². The van der Waals surface area contributed by atoms with Gasteiger partial charge in [0.15, 0.2) is 5.96 Å².